The van der Waals surface area contributed by atoms with Gasteiger partial charge in [0.15, 0.2) is 0 Å². The van der Waals surface area contributed by atoms with Gasteiger partial charge in [-0.1, -0.05) is 35.3 Å². The first kappa shape index (κ1) is 17.1. The molecule has 2 aromatic rings. The van der Waals surface area contributed by atoms with Crippen LogP contribution in [-0.2, 0) is 16.5 Å². The van der Waals surface area contributed by atoms with Crippen molar-refractivity contribution in [3.63, 3.8) is 0 Å². The summed E-state index contributed by atoms with van der Waals surface area (Å²) in [4.78, 5) is 7.49. The Morgan fingerprint density at radius 3 is 1.24 bits per heavy atom. The molecule has 0 fully saturated rings. The van der Waals surface area contributed by atoms with Crippen LogP contribution in [0.4, 0.5) is 0 Å². The molecule has 2 heterocycles. The molecule has 0 aromatic carbocycles. The number of pyridine rings is 2. The molecule has 96 valence electrons. The number of rotatable bonds is 0. The van der Waals surface area contributed by atoms with E-state index in [2.05, 4.69) is 9.97 Å². The third-order valence-corrected chi connectivity index (χ3v) is 1.70. The van der Waals surface area contributed by atoms with Gasteiger partial charge in [0.1, 0.15) is 10.3 Å². The predicted molar refractivity (Wildman–Crippen MR) is 70.2 cm³/mol. The van der Waals surface area contributed by atoms with Crippen LogP contribution in [-0.4, -0.2) is 9.97 Å². The first-order chi connectivity index (χ1) is 8.20. The van der Waals surface area contributed by atoms with Gasteiger partial charge in [-0.3, -0.25) is 0 Å². The summed E-state index contributed by atoms with van der Waals surface area (Å²) in [6.45, 7) is 0. The third-order valence-electron chi connectivity index (χ3n) is 1.26. The van der Waals surface area contributed by atoms with Crippen LogP contribution in [0.15, 0.2) is 48.8 Å². The van der Waals surface area contributed by atoms with Crippen molar-refractivity contribution >= 4 is 42.0 Å². The van der Waals surface area contributed by atoms with Gasteiger partial charge < -0.3 is 0 Å². The molecule has 0 bridgehead atoms. The van der Waals surface area contributed by atoms with E-state index in [0.29, 0.717) is 10.3 Å². The van der Waals surface area contributed by atoms with Gasteiger partial charge in [0.25, 0.3) is 0 Å². The predicted octanol–water partition coefficient (Wildman–Crippen LogP) is 4.85. The van der Waals surface area contributed by atoms with Crippen molar-refractivity contribution in [3.8, 4) is 0 Å². The van der Waals surface area contributed by atoms with Crippen LogP contribution in [0.2, 0.25) is 10.3 Å². The van der Waals surface area contributed by atoms with Crippen LogP contribution in [0.25, 0.3) is 0 Å². The molecule has 0 spiro atoms. The molecule has 0 atom stereocenters. The van der Waals surface area contributed by atoms with Gasteiger partial charge in [0.05, 0.1) is 0 Å². The molecule has 0 aliphatic rings. The summed E-state index contributed by atoms with van der Waals surface area (Å²) in [6.07, 6.45) is 3.31. The van der Waals surface area contributed by atoms with Gasteiger partial charge in [-0.25, -0.2) is 9.97 Å². The van der Waals surface area contributed by atoms with Crippen LogP contribution < -0.4 is 0 Å². The normalized spacial score (nSPS) is 8.47. The van der Waals surface area contributed by atoms with E-state index in [1.54, 1.807) is 24.5 Å². The maximum atomic E-state index is 5.43. The summed E-state index contributed by atoms with van der Waals surface area (Å²) < 4.78 is 0. The topological polar surface area (TPSA) is 25.8 Å². The van der Waals surface area contributed by atoms with Gasteiger partial charge in [-0.2, -0.15) is 0 Å². The fraction of sp³-hybridized carbons (Fsp3) is 0. The molecular weight excluding hydrogens is 485 g/mol. The van der Waals surface area contributed by atoms with Crippen LogP contribution >= 0.6 is 42.0 Å². The first-order valence-corrected chi connectivity index (χ1v) is 10.5. The third kappa shape index (κ3) is 12.4. The molecule has 17 heavy (non-hydrogen) atoms. The fourth-order valence-corrected chi connectivity index (χ4v) is 0.942. The molecule has 2 rings (SSSR count). The molecule has 0 N–H and O–H groups in total. The Hall–Kier alpha value is 0.148. The van der Waals surface area contributed by atoms with E-state index < -0.39 is 16.5 Å². The molecule has 0 aliphatic heterocycles. The second-order valence-corrected chi connectivity index (χ2v) is 6.41. The summed E-state index contributed by atoms with van der Waals surface area (Å²) >= 11 is 10.4. The Morgan fingerprint density at radius 2 is 1.12 bits per heavy atom. The van der Waals surface area contributed by atoms with Crippen molar-refractivity contribution in [2.45, 2.75) is 0 Å². The minimum atomic E-state index is -0.472. The summed E-state index contributed by atoms with van der Waals surface area (Å²) in [7, 11) is 9.75. The van der Waals surface area contributed by atoms with Crippen molar-refractivity contribution in [2.24, 2.45) is 0 Å². The number of hydrogen-bond donors (Lipinski definition) is 0. The monoisotopic (exact) mass is 491 g/mol. The van der Waals surface area contributed by atoms with E-state index >= 15 is 0 Å². The molecule has 0 amide bonds. The second-order valence-electron chi connectivity index (χ2n) is 2.35. The van der Waals surface area contributed by atoms with Crippen LogP contribution in [0.5, 0.6) is 0 Å². The number of aromatic nitrogens is 2. The molecule has 2 nitrogen and oxygen atoms in total. The molecule has 0 saturated heterocycles. The van der Waals surface area contributed by atoms with E-state index in [-0.39, 0.29) is 0 Å². The SMILES string of the molecule is Clc1ccccn1.Clc1ccccn1.[Cl][Pt][Cl]. The first-order valence-electron chi connectivity index (χ1n) is 4.16. The maximum absolute atomic E-state index is 5.43. The summed E-state index contributed by atoms with van der Waals surface area (Å²) in [5.74, 6) is 0. The van der Waals surface area contributed by atoms with Gasteiger partial charge >= 0.3 is 35.3 Å². The quantitative estimate of drug-likeness (QED) is 0.491. The fourth-order valence-electron chi connectivity index (χ4n) is 0.684. The van der Waals surface area contributed by atoms with Crippen molar-refractivity contribution < 1.29 is 16.5 Å². The Balaban J connectivity index is 0.000000247. The Morgan fingerprint density at radius 1 is 0.765 bits per heavy atom. The molecule has 0 aliphatic carbocycles. The van der Waals surface area contributed by atoms with Crippen molar-refractivity contribution in [2.75, 3.05) is 0 Å². The summed E-state index contributed by atoms with van der Waals surface area (Å²) in [6, 6.07) is 10.8. The van der Waals surface area contributed by atoms with E-state index in [0.717, 1.165) is 0 Å². The van der Waals surface area contributed by atoms with Gasteiger partial charge in [-0.15, -0.1) is 0 Å². The molecule has 0 saturated carbocycles. The summed E-state index contributed by atoms with van der Waals surface area (Å²) in [5, 5.41) is 1.09. The van der Waals surface area contributed by atoms with E-state index in [1.165, 1.54) is 0 Å². The zero-order chi connectivity index (χ0) is 12.9. The van der Waals surface area contributed by atoms with E-state index in [9.17, 15) is 0 Å². The van der Waals surface area contributed by atoms with E-state index in [1.807, 2.05) is 24.3 Å². The number of hydrogen-bond acceptors (Lipinski definition) is 2. The van der Waals surface area contributed by atoms with Gasteiger partial charge in [0, 0.05) is 12.4 Å². The van der Waals surface area contributed by atoms with Gasteiger partial charge in [-0.05, 0) is 24.3 Å². The summed E-state index contributed by atoms with van der Waals surface area (Å²) in [5.41, 5.74) is 0. The Bertz CT molecular complexity index is 337. The van der Waals surface area contributed by atoms with Crippen LogP contribution in [0.1, 0.15) is 0 Å². The van der Waals surface area contributed by atoms with Crippen LogP contribution in [0, 0.1) is 0 Å². The van der Waals surface area contributed by atoms with Crippen molar-refractivity contribution in [1.82, 2.24) is 9.97 Å². The average Bonchev–Trinajstić information content (AvgIpc) is 2.33. The van der Waals surface area contributed by atoms with Crippen LogP contribution in [0.3, 0.4) is 0 Å². The van der Waals surface area contributed by atoms with Crippen molar-refractivity contribution in [3.05, 3.63) is 59.1 Å². The van der Waals surface area contributed by atoms with Gasteiger partial charge in [0.2, 0.25) is 0 Å². The molecule has 7 heteroatoms. The standard InChI is InChI=1S/2C5H4ClN.2ClH.Pt/c2*6-5-3-1-2-4-7-5;;;/h2*1-4H;2*1H;/q;;;;+2/p-2. The Kier molecular flexibility index (Phi) is 12.7. The average molecular weight is 493 g/mol. The Labute approximate surface area is 127 Å². The van der Waals surface area contributed by atoms with E-state index in [4.69, 9.17) is 42.0 Å². The molecule has 0 unspecified atom stereocenters. The number of nitrogens with zero attached hydrogens (tertiary/aromatic N) is 2. The zero-order valence-electron chi connectivity index (χ0n) is 8.34. The number of halogens is 4. The molecular formula is C10H8Cl4N2Pt. The second kappa shape index (κ2) is 12.6. The minimum absolute atomic E-state index is 0.472. The molecule has 0 radical (unpaired) electrons. The molecule has 2 aromatic heterocycles. The van der Waals surface area contributed by atoms with Crippen molar-refractivity contribution in [1.29, 1.82) is 0 Å². The zero-order valence-corrected chi connectivity index (χ0v) is 13.6.